The van der Waals surface area contributed by atoms with Crippen LogP contribution in [0.25, 0.3) is 11.3 Å². The molecule has 1 aromatic heterocycles. The molecule has 4 heteroatoms. The highest BCUT2D eigenvalue weighted by atomic mass is 35.5. The van der Waals surface area contributed by atoms with Crippen LogP contribution in [-0.4, -0.2) is 16.8 Å². The van der Waals surface area contributed by atoms with Crippen LogP contribution in [0.4, 0.5) is 0 Å². The third-order valence-corrected chi connectivity index (χ3v) is 3.10. The van der Waals surface area contributed by atoms with Crippen molar-refractivity contribution in [1.29, 1.82) is 0 Å². The van der Waals surface area contributed by atoms with E-state index in [4.69, 9.17) is 11.6 Å². The van der Waals surface area contributed by atoms with Crippen LogP contribution >= 0.6 is 11.6 Å². The molecule has 0 fully saturated rings. The van der Waals surface area contributed by atoms with Gasteiger partial charge in [0.25, 0.3) is 0 Å². The van der Waals surface area contributed by atoms with E-state index < -0.39 is 0 Å². The minimum atomic E-state index is 0.769. The maximum absolute atomic E-state index is 6.06. The Balaban J connectivity index is 2.45. The largest absolute Gasteiger partial charge is 0.316 e. The zero-order chi connectivity index (χ0) is 13.0. The molecular weight excluding hydrogens is 246 g/mol. The molecule has 0 aliphatic rings. The molecule has 1 heterocycles. The Kier molecular flexibility index (Phi) is 4.39. The van der Waals surface area contributed by atoms with Crippen molar-refractivity contribution in [3.05, 3.63) is 41.0 Å². The second-order valence-corrected chi connectivity index (χ2v) is 4.71. The van der Waals surface area contributed by atoms with Gasteiger partial charge in [-0.05, 0) is 37.2 Å². The van der Waals surface area contributed by atoms with Crippen LogP contribution in [0.1, 0.15) is 18.9 Å². The average Bonchev–Trinajstić information content (AvgIpc) is 2.78. The van der Waals surface area contributed by atoms with Crippen LogP contribution in [0, 0.1) is 0 Å². The molecule has 0 bridgehead atoms. The van der Waals surface area contributed by atoms with E-state index in [2.05, 4.69) is 29.5 Å². The molecule has 1 aromatic carbocycles. The van der Waals surface area contributed by atoms with Gasteiger partial charge in [0.1, 0.15) is 0 Å². The van der Waals surface area contributed by atoms with Gasteiger partial charge in [-0.15, -0.1) is 0 Å². The Labute approximate surface area is 113 Å². The Morgan fingerprint density at radius 3 is 2.89 bits per heavy atom. The van der Waals surface area contributed by atoms with Gasteiger partial charge in [0.15, 0.2) is 0 Å². The standard InChI is InChI=1S/C14H18ClN3/c1-3-8-18-14(6-7-17-18)13-5-4-12(15)9-11(13)10-16-2/h4-7,9,16H,3,8,10H2,1-2H3. The lowest BCUT2D eigenvalue weighted by Gasteiger charge is -2.12. The summed E-state index contributed by atoms with van der Waals surface area (Å²) in [6.07, 6.45) is 2.92. The lowest BCUT2D eigenvalue weighted by atomic mass is 10.0. The van der Waals surface area contributed by atoms with Crippen LogP contribution in [0.5, 0.6) is 0 Å². The summed E-state index contributed by atoms with van der Waals surface area (Å²) in [5.74, 6) is 0. The summed E-state index contributed by atoms with van der Waals surface area (Å²) in [5.41, 5.74) is 3.54. The van der Waals surface area contributed by atoms with Crippen molar-refractivity contribution < 1.29 is 0 Å². The van der Waals surface area contributed by atoms with Gasteiger partial charge in [-0.25, -0.2) is 0 Å². The molecular formula is C14H18ClN3. The molecule has 0 aliphatic carbocycles. The van der Waals surface area contributed by atoms with E-state index in [1.54, 1.807) is 0 Å². The van der Waals surface area contributed by atoms with Crippen LogP contribution in [0.3, 0.4) is 0 Å². The number of nitrogens with one attached hydrogen (secondary N) is 1. The Morgan fingerprint density at radius 2 is 2.17 bits per heavy atom. The molecule has 2 aromatic rings. The second-order valence-electron chi connectivity index (χ2n) is 4.27. The van der Waals surface area contributed by atoms with Gasteiger partial charge in [0.05, 0.1) is 5.69 Å². The highest BCUT2D eigenvalue weighted by Crippen LogP contribution is 2.26. The van der Waals surface area contributed by atoms with Crippen molar-refractivity contribution in [2.45, 2.75) is 26.4 Å². The molecule has 0 aliphatic heterocycles. The molecule has 96 valence electrons. The van der Waals surface area contributed by atoms with Gasteiger partial charge in [-0.3, -0.25) is 4.68 Å². The first-order valence-corrected chi connectivity index (χ1v) is 6.59. The smallest absolute Gasteiger partial charge is 0.0685 e. The van der Waals surface area contributed by atoms with E-state index in [-0.39, 0.29) is 0 Å². The van der Waals surface area contributed by atoms with Crippen molar-refractivity contribution in [3.8, 4) is 11.3 Å². The molecule has 3 nitrogen and oxygen atoms in total. The van der Waals surface area contributed by atoms with Gasteiger partial charge in [-0.1, -0.05) is 24.6 Å². The second kappa shape index (κ2) is 6.03. The van der Waals surface area contributed by atoms with E-state index in [0.29, 0.717) is 0 Å². The summed E-state index contributed by atoms with van der Waals surface area (Å²) in [6, 6.07) is 8.06. The quantitative estimate of drug-likeness (QED) is 0.897. The van der Waals surface area contributed by atoms with Crippen molar-refractivity contribution in [3.63, 3.8) is 0 Å². The fraction of sp³-hybridized carbons (Fsp3) is 0.357. The van der Waals surface area contributed by atoms with Gasteiger partial charge >= 0.3 is 0 Å². The summed E-state index contributed by atoms with van der Waals surface area (Å²) >= 11 is 6.06. The number of hydrogen-bond acceptors (Lipinski definition) is 2. The molecule has 0 amide bonds. The van der Waals surface area contributed by atoms with Gasteiger partial charge in [0.2, 0.25) is 0 Å². The first-order chi connectivity index (χ1) is 8.76. The van der Waals surface area contributed by atoms with E-state index >= 15 is 0 Å². The lowest BCUT2D eigenvalue weighted by molar-refractivity contribution is 0.608. The number of nitrogens with zero attached hydrogens (tertiary/aromatic N) is 2. The molecule has 0 spiro atoms. The predicted octanol–water partition coefficient (Wildman–Crippen LogP) is 3.33. The molecule has 18 heavy (non-hydrogen) atoms. The maximum atomic E-state index is 6.06. The monoisotopic (exact) mass is 263 g/mol. The normalized spacial score (nSPS) is 10.8. The molecule has 0 radical (unpaired) electrons. The molecule has 0 saturated heterocycles. The third kappa shape index (κ3) is 2.74. The summed E-state index contributed by atoms with van der Waals surface area (Å²) in [6.45, 7) is 3.89. The number of aromatic nitrogens is 2. The fourth-order valence-corrected chi connectivity index (χ4v) is 2.30. The van der Waals surface area contributed by atoms with Gasteiger partial charge < -0.3 is 5.32 Å². The van der Waals surface area contributed by atoms with E-state index in [9.17, 15) is 0 Å². The molecule has 1 N–H and O–H groups in total. The predicted molar refractivity (Wildman–Crippen MR) is 75.7 cm³/mol. The minimum Gasteiger partial charge on any atom is -0.316 e. The number of halogens is 1. The average molecular weight is 264 g/mol. The van der Waals surface area contributed by atoms with Crippen LogP contribution in [0.15, 0.2) is 30.5 Å². The zero-order valence-electron chi connectivity index (χ0n) is 10.8. The Morgan fingerprint density at radius 1 is 1.33 bits per heavy atom. The van der Waals surface area contributed by atoms with E-state index in [1.807, 2.05) is 30.1 Å². The van der Waals surface area contributed by atoms with Gasteiger partial charge in [-0.2, -0.15) is 5.10 Å². The van der Waals surface area contributed by atoms with Crippen molar-refractivity contribution >= 4 is 11.6 Å². The Bertz CT molecular complexity index is 520. The maximum Gasteiger partial charge on any atom is 0.0685 e. The topological polar surface area (TPSA) is 29.9 Å². The number of rotatable bonds is 5. The highest BCUT2D eigenvalue weighted by molar-refractivity contribution is 6.30. The summed E-state index contributed by atoms with van der Waals surface area (Å²) in [4.78, 5) is 0. The van der Waals surface area contributed by atoms with Gasteiger partial charge in [0, 0.05) is 29.9 Å². The van der Waals surface area contributed by atoms with Crippen molar-refractivity contribution in [2.75, 3.05) is 7.05 Å². The SMILES string of the molecule is CCCn1nccc1-c1ccc(Cl)cc1CNC. The molecule has 0 atom stereocenters. The van der Waals surface area contributed by atoms with Crippen molar-refractivity contribution in [2.24, 2.45) is 0 Å². The van der Waals surface area contributed by atoms with E-state index in [0.717, 1.165) is 30.2 Å². The molecule has 0 unspecified atom stereocenters. The first kappa shape index (κ1) is 13.1. The fourth-order valence-electron chi connectivity index (χ4n) is 2.10. The third-order valence-electron chi connectivity index (χ3n) is 2.86. The zero-order valence-corrected chi connectivity index (χ0v) is 11.5. The molecule has 0 saturated carbocycles. The summed E-state index contributed by atoms with van der Waals surface area (Å²) in [7, 11) is 1.94. The summed E-state index contributed by atoms with van der Waals surface area (Å²) < 4.78 is 2.04. The van der Waals surface area contributed by atoms with E-state index in [1.165, 1.54) is 11.1 Å². The number of aryl methyl sites for hydroxylation is 1. The number of benzene rings is 1. The number of hydrogen-bond donors (Lipinski definition) is 1. The highest BCUT2D eigenvalue weighted by Gasteiger charge is 2.10. The van der Waals surface area contributed by atoms with Crippen LogP contribution in [0.2, 0.25) is 5.02 Å². The first-order valence-electron chi connectivity index (χ1n) is 6.21. The Hall–Kier alpha value is -1.32. The van der Waals surface area contributed by atoms with Crippen molar-refractivity contribution in [1.82, 2.24) is 15.1 Å². The summed E-state index contributed by atoms with van der Waals surface area (Å²) in [5, 5.41) is 8.31. The lowest BCUT2D eigenvalue weighted by Crippen LogP contribution is -2.08. The van der Waals surface area contributed by atoms with Crippen LogP contribution < -0.4 is 5.32 Å². The molecule has 2 rings (SSSR count). The van der Waals surface area contributed by atoms with Crippen LogP contribution in [-0.2, 0) is 13.1 Å². The minimum absolute atomic E-state index is 0.769.